The van der Waals surface area contributed by atoms with Gasteiger partial charge in [-0.1, -0.05) is 0 Å². The maximum atomic E-state index is 11.1. The fourth-order valence-electron chi connectivity index (χ4n) is 1.62. The summed E-state index contributed by atoms with van der Waals surface area (Å²) in [6.07, 6.45) is -4.62. The minimum absolute atomic E-state index is 0.475. The second-order valence-corrected chi connectivity index (χ2v) is 3.54. The normalized spacial score (nSPS) is 40.2. The summed E-state index contributed by atoms with van der Waals surface area (Å²) >= 11 is 0. The third-order valence-corrected chi connectivity index (χ3v) is 2.44. The van der Waals surface area contributed by atoms with E-state index in [1.165, 1.54) is 7.11 Å². The van der Waals surface area contributed by atoms with E-state index in [1.807, 2.05) is 0 Å². The van der Waals surface area contributed by atoms with Crippen molar-refractivity contribution in [2.75, 3.05) is 13.7 Å². The van der Waals surface area contributed by atoms with E-state index >= 15 is 0 Å². The molecule has 0 bridgehead atoms. The molecule has 4 N–H and O–H groups in total. The summed E-state index contributed by atoms with van der Waals surface area (Å²) in [6, 6.07) is -0.976. The Morgan fingerprint density at radius 2 is 2.25 bits per heavy atom. The van der Waals surface area contributed by atoms with E-state index in [0.29, 0.717) is 0 Å². The Hall–Kier alpha value is -0.730. The lowest BCUT2D eigenvalue weighted by Crippen LogP contribution is -2.64. The van der Waals surface area contributed by atoms with Crippen molar-refractivity contribution in [3.63, 3.8) is 0 Å². The molecule has 1 aliphatic rings. The second-order valence-electron chi connectivity index (χ2n) is 3.54. The topological polar surface area (TPSA) is 108 Å². The van der Waals surface area contributed by atoms with Crippen LogP contribution >= 0.6 is 0 Å². The first kappa shape index (κ1) is 11.7. The Kier molecular flexibility index (Phi) is 4.08. The van der Waals surface area contributed by atoms with Gasteiger partial charge in [-0.2, -0.15) is 0 Å². The first-order chi connectivity index (χ1) is 8.04. The van der Waals surface area contributed by atoms with Gasteiger partial charge in [0, 0.05) is 15.4 Å². The van der Waals surface area contributed by atoms with Crippen LogP contribution < -0.4 is 5.32 Å². The largest absolute Gasteiger partial charge is 0.394 e. The van der Waals surface area contributed by atoms with Crippen LogP contribution in [0.5, 0.6) is 0 Å². The summed E-state index contributed by atoms with van der Waals surface area (Å²) in [5, 5.41) is 30.7. The first-order valence-corrected chi connectivity index (χ1v) is 4.79. The smallest absolute Gasteiger partial charge is 0.217 e. The summed E-state index contributed by atoms with van der Waals surface area (Å²) in [5.41, 5.74) is 0. The predicted molar refractivity (Wildman–Crippen MR) is 52.4 cm³/mol. The molecule has 1 aliphatic heterocycles. The van der Waals surface area contributed by atoms with Crippen LogP contribution in [0, 0.1) is 0 Å². The van der Waals surface area contributed by atoms with Crippen LogP contribution in [-0.4, -0.2) is 65.6 Å². The van der Waals surface area contributed by atoms with Crippen molar-refractivity contribution >= 4 is 5.91 Å². The molecule has 0 spiro atoms. The molecule has 1 heterocycles. The van der Waals surface area contributed by atoms with Crippen LogP contribution in [0.2, 0.25) is 0 Å². The average Bonchev–Trinajstić information content (AvgIpc) is 2.35. The minimum Gasteiger partial charge on any atom is -0.394 e. The van der Waals surface area contributed by atoms with Crippen LogP contribution in [0.4, 0.5) is 0 Å². The zero-order valence-corrected chi connectivity index (χ0v) is 8.87. The molecule has 5 atom stereocenters. The quantitative estimate of drug-likeness (QED) is 0.434. The van der Waals surface area contributed by atoms with Crippen molar-refractivity contribution in [1.82, 2.24) is 5.32 Å². The molecule has 1 rings (SSSR count). The highest BCUT2D eigenvalue weighted by atomic mass is 16.7. The highest BCUT2D eigenvalue weighted by Crippen LogP contribution is 2.21. The van der Waals surface area contributed by atoms with E-state index in [2.05, 4.69) is 5.32 Å². The molecule has 0 aromatic rings. The van der Waals surface area contributed by atoms with Gasteiger partial charge in [0.05, 0.1) is 6.61 Å². The van der Waals surface area contributed by atoms with Crippen LogP contribution in [-0.2, 0) is 14.3 Å². The molecule has 7 nitrogen and oxygen atoms in total. The monoisotopic (exact) mass is 236 g/mol. The Morgan fingerprint density at radius 3 is 2.75 bits per heavy atom. The van der Waals surface area contributed by atoms with Gasteiger partial charge >= 0.3 is 0 Å². The van der Waals surface area contributed by atoms with Gasteiger partial charge in [0.25, 0.3) is 0 Å². The van der Waals surface area contributed by atoms with Crippen molar-refractivity contribution < 1.29 is 31.0 Å². The number of hydrogen-bond acceptors (Lipinski definition) is 6. The van der Waals surface area contributed by atoms with Crippen molar-refractivity contribution in [3.05, 3.63) is 0 Å². The number of hydrogen-bond donors (Lipinski definition) is 4. The SMILES string of the molecule is [2H]CC(=O)N[C@H]1C(OC)O[C@H](CO)[C@@H](O)[C@@H]1O. The molecule has 0 radical (unpaired) electrons. The Labute approximate surface area is 94.4 Å². The fraction of sp³-hybridized carbons (Fsp3) is 0.889. The van der Waals surface area contributed by atoms with Crippen molar-refractivity contribution in [3.8, 4) is 0 Å². The first-order valence-electron chi connectivity index (χ1n) is 5.49. The molecule has 0 aromatic carbocycles. The number of methoxy groups -OCH3 is 1. The molecule has 1 unspecified atom stereocenters. The summed E-state index contributed by atoms with van der Waals surface area (Å²) in [6.45, 7) is -0.976. The van der Waals surface area contributed by atoms with E-state index in [4.69, 9.17) is 16.0 Å². The lowest BCUT2D eigenvalue weighted by Gasteiger charge is -2.41. The zero-order valence-electron chi connectivity index (χ0n) is 9.87. The number of nitrogens with one attached hydrogen (secondary N) is 1. The summed E-state index contributed by atoms with van der Waals surface area (Å²) < 4.78 is 17.0. The van der Waals surface area contributed by atoms with E-state index < -0.39 is 50.1 Å². The molecule has 7 heteroatoms. The Bertz CT molecular complexity index is 264. The maximum Gasteiger partial charge on any atom is 0.217 e. The number of aliphatic hydroxyl groups is 3. The summed E-state index contributed by atoms with van der Waals surface area (Å²) in [5.74, 6) is -0.616. The van der Waals surface area contributed by atoms with E-state index in [9.17, 15) is 15.0 Å². The fourth-order valence-corrected chi connectivity index (χ4v) is 1.62. The highest BCUT2D eigenvalue weighted by Gasteiger charge is 2.44. The predicted octanol–water partition coefficient (Wildman–Crippen LogP) is -2.42. The average molecular weight is 236 g/mol. The molecule has 1 saturated heterocycles. The van der Waals surface area contributed by atoms with Crippen molar-refractivity contribution in [2.45, 2.75) is 37.5 Å². The lowest BCUT2D eigenvalue weighted by atomic mass is 9.97. The van der Waals surface area contributed by atoms with Gasteiger partial charge < -0.3 is 30.1 Å². The van der Waals surface area contributed by atoms with Crippen LogP contribution in [0.3, 0.4) is 0 Å². The standard InChI is InChI=1S/C9H17NO6/c1-4(12)10-6-8(14)7(13)5(3-11)16-9(6)15-2/h5-9,11,13-14H,3H2,1-2H3,(H,10,12)/t5-,6-,7-,8-,9?/m1/s1/i1D. The third kappa shape index (κ3) is 2.69. The van der Waals surface area contributed by atoms with Gasteiger partial charge in [0.15, 0.2) is 6.29 Å². The van der Waals surface area contributed by atoms with E-state index in [0.717, 1.165) is 0 Å². The summed E-state index contributed by atoms with van der Waals surface area (Å²) in [4.78, 5) is 11.1. The van der Waals surface area contributed by atoms with Crippen molar-refractivity contribution in [1.29, 1.82) is 0 Å². The van der Waals surface area contributed by atoms with Crippen molar-refractivity contribution in [2.24, 2.45) is 0 Å². The third-order valence-electron chi connectivity index (χ3n) is 2.44. The summed E-state index contributed by atoms with van der Waals surface area (Å²) in [7, 11) is 1.31. The molecule has 1 fully saturated rings. The molecule has 1 amide bonds. The van der Waals surface area contributed by atoms with Gasteiger partial charge in [-0.25, -0.2) is 0 Å². The van der Waals surface area contributed by atoms with E-state index in [1.54, 1.807) is 0 Å². The van der Waals surface area contributed by atoms with Crippen LogP contribution in [0.15, 0.2) is 0 Å². The molecule has 0 aromatic heterocycles. The molecular weight excluding hydrogens is 218 g/mol. The number of rotatable bonds is 3. The van der Waals surface area contributed by atoms with Crippen LogP contribution in [0.1, 0.15) is 8.27 Å². The number of amides is 1. The molecule has 16 heavy (non-hydrogen) atoms. The zero-order chi connectivity index (χ0) is 13.0. The van der Waals surface area contributed by atoms with Gasteiger partial charge in [-0.15, -0.1) is 0 Å². The minimum atomic E-state index is -1.33. The van der Waals surface area contributed by atoms with E-state index in [-0.39, 0.29) is 0 Å². The van der Waals surface area contributed by atoms with Crippen LogP contribution in [0.25, 0.3) is 0 Å². The number of carbonyl (C=O) groups is 1. The maximum absolute atomic E-state index is 11.1. The highest BCUT2D eigenvalue weighted by molar-refractivity contribution is 5.73. The number of carbonyl (C=O) groups excluding carboxylic acids is 1. The molecule has 0 aliphatic carbocycles. The number of ether oxygens (including phenoxy) is 2. The molecule has 94 valence electrons. The number of aliphatic hydroxyl groups excluding tert-OH is 3. The Balaban J connectivity index is 2.75. The lowest BCUT2D eigenvalue weighted by molar-refractivity contribution is -0.262. The van der Waals surface area contributed by atoms with Gasteiger partial charge in [-0.3, -0.25) is 4.79 Å². The second kappa shape index (κ2) is 5.55. The van der Waals surface area contributed by atoms with Gasteiger partial charge in [0.2, 0.25) is 5.91 Å². The molecular formula is C9H17NO6. The van der Waals surface area contributed by atoms with Gasteiger partial charge in [0.1, 0.15) is 24.4 Å². The van der Waals surface area contributed by atoms with Gasteiger partial charge in [-0.05, 0) is 0 Å². The Morgan fingerprint density at radius 1 is 1.56 bits per heavy atom. The molecule has 0 saturated carbocycles.